The van der Waals surface area contributed by atoms with Gasteiger partial charge in [-0.3, -0.25) is 15.1 Å². The first kappa shape index (κ1) is 25.8. The number of allylic oxidation sites excluding steroid dienone is 3. The molecule has 1 atom stereocenters. The monoisotopic (exact) mass is 481 g/mol. The lowest BCUT2D eigenvalue weighted by Gasteiger charge is -2.29. The lowest BCUT2D eigenvalue weighted by Crippen LogP contribution is -2.27. The van der Waals surface area contributed by atoms with Crippen molar-refractivity contribution < 1.29 is 33.4 Å². The van der Waals surface area contributed by atoms with Gasteiger partial charge in [-0.1, -0.05) is 24.3 Å². The Balaban J connectivity index is 2.08. The number of benzene rings is 2. The number of ether oxygens (including phenoxy) is 4. The molecule has 1 aliphatic rings. The Morgan fingerprint density at radius 2 is 1.69 bits per heavy atom. The van der Waals surface area contributed by atoms with E-state index >= 15 is 0 Å². The Morgan fingerprint density at radius 1 is 1.03 bits per heavy atom. The minimum atomic E-state index is -0.549. The molecule has 0 aliphatic heterocycles. The number of esters is 1. The van der Waals surface area contributed by atoms with Crippen molar-refractivity contribution in [2.75, 3.05) is 27.9 Å². The van der Waals surface area contributed by atoms with Gasteiger partial charge in [-0.25, -0.2) is 4.79 Å². The third-order valence-electron chi connectivity index (χ3n) is 5.69. The van der Waals surface area contributed by atoms with E-state index in [9.17, 15) is 9.59 Å². The van der Waals surface area contributed by atoms with Crippen LogP contribution >= 0.6 is 0 Å². The number of carbonyl (C=O) groups excluding carboxylic acids is 2. The number of nitrogens with one attached hydrogen (secondary N) is 1. The van der Waals surface area contributed by atoms with Gasteiger partial charge in [0.25, 0.3) is 0 Å². The zero-order valence-corrected chi connectivity index (χ0v) is 20.7. The SMILES string of the molecule is CC=C(NOCC)C1=C(OC(=O)c2ccccc2)CC(c2c(OC)cc(OC)cc2OC)CC1=O. The molecule has 0 amide bonds. The summed E-state index contributed by atoms with van der Waals surface area (Å²) in [6, 6.07) is 12.1. The van der Waals surface area contributed by atoms with Gasteiger partial charge in [-0.2, -0.15) is 0 Å². The third kappa shape index (κ3) is 5.84. The van der Waals surface area contributed by atoms with Crippen molar-refractivity contribution in [1.29, 1.82) is 0 Å². The fourth-order valence-electron chi connectivity index (χ4n) is 4.06. The van der Waals surface area contributed by atoms with Gasteiger partial charge in [0, 0.05) is 36.5 Å². The second kappa shape index (κ2) is 12.1. The van der Waals surface area contributed by atoms with E-state index in [0.717, 1.165) is 0 Å². The Labute approximate surface area is 205 Å². The van der Waals surface area contributed by atoms with Gasteiger partial charge < -0.3 is 18.9 Å². The van der Waals surface area contributed by atoms with E-state index in [1.165, 1.54) is 0 Å². The second-order valence-electron chi connectivity index (χ2n) is 7.77. The van der Waals surface area contributed by atoms with Crippen LogP contribution in [0.2, 0.25) is 0 Å². The molecule has 0 radical (unpaired) electrons. The van der Waals surface area contributed by atoms with Gasteiger partial charge in [0.05, 0.1) is 44.8 Å². The fourth-order valence-corrected chi connectivity index (χ4v) is 4.06. The molecule has 0 saturated heterocycles. The molecule has 0 fully saturated rings. The number of rotatable bonds is 10. The number of hydrogen-bond acceptors (Lipinski definition) is 8. The molecular weight excluding hydrogens is 450 g/mol. The van der Waals surface area contributed by atoms with E-state index in [1.807, 2.05) is 13.0 Å². The predicted molar refractivity (Wildman–Crippen MR) is 130 cm³/mol. The van der Waals surface area contributed by atoms with Crippen LogP contribution in [0.25, 0.3) is 0 Å². The van der Waals surface area contributed by atoms with Crippen molar-refractivity contribution in [3.8, 4) is 17.2 Å². The van der Waals surface area contributed by atoms with Gasteiger partial charge in [-0.05, 0) is 26.0 Å². The largest absolute Gasteiger partial charge is 0.496 e. The normalized spacial score (nSPS) is 16.1. The molecule has 2 aromatic rings. The van der Waals surface area contributed by atoms with E-state index < -0.39 is 5.97 Å². The summed E-state index contributed by atoms with van der Waals surface area (Å²) in [7, 11) is 4.64. The molecule has 35 heavy (non-hydrogen) atoms. The number of hydrogen-bond donors (Lipinski definition) is 1. The first-order valence-electron chi connectivity index (χ1n) is 11.3. The van der Waals surface area contributed by atoms with Crippen molar-refractivity contribution >= 4 is 11.8 Å². The molecule has 1 aliphatic carbocycles. The summed E-state index contributed by atoms with van der Waals surface area (Å²) in [5.41, 5.74) is 4.62. The lowest BCUT2D eigenvalue weighted by atomic mass is 9.80. The van der Waals surface area contributed by atoms with E-state index in [2.05, 4.69) is 5.48 Å². The van der Waals surface area contributed by atoms with E-state index in [0.29, 0.717) is 40.7 Å². The number of Topliss-reactive ketones (excluding diaryl/α,β-unsaturated/α-hetero) is 1. The van der Waals surface area contributed by atoms with Crippen LogP contribution in [0, 0.1) is 0 Å². The Bertz CT molecular complexity index is 1100. The second-order valence-corrected chi connectivity index (χ2v) is 7.77. The Hall–Kier alpha value is -3.78. The molecular formula is C27H31NO7. The van der Waals surface area contributed by atoms with E-state index in [-0.39, 0.29) is 35.9 Å². The number of hydroxylamine groups is 1. The maximum atomic E-state index is 13.5. The summed E-state index contributed by atoms with van der Waals surface area (Å²) < 4.78 is 22.4. The van der Waals surface area contributed by atoms with Crippen molar-refractivity contribution in [1.82, 2.24) is 5.48 Å². The van der Waals surface area contributed by atoms with Gasteiger partial charge >= 0.3 is 5.97 Å². The quantitative estimate of drug-likeness (QED) is 0.385. The van der Waals surface area contributed by atoms with Crippen LogP contribution in [0.4, 0.5) is 0 Å². The standard InChI is InChI=1S/C27H31NO7/c1-6-20(28-34-7-2)26-21(29)13-18(14-24(26)35-27(30)17-11-9-8-10-12-17)25-22(32-4)15-19(31-3)16-23(25)33-5/h6,8-12,15-16,18,28H,7,13-14H2,1-5H3. The molecule has 3 rings (SSSR count). The molecule has 0 spiro atoms. The molecule has 0 saturated carbocycles. The van der Waals surface area contributed by atoms with Crippen LogP contribution < -0.4 is 19.7 Å². The molecule has 2 aromatic carbocycles. The highest BCUT2D eigenvalue weighted by molar-refractivity contribution is 6.02. The smallest absolute Gasteiger partial charge is 0.343 e. The van der Waals surface area contributed by atoms with Crippen LogP contribution in [-0.2, 0) is 14.4 Å². The number of carbonyl (C=O) groups is 2. The highest BCUT2D eigenvalue weighted by atomic mass is 16.6. The molecule has 8 nitrogen and oxygen atoms in total. The molecule has 0 bridgehead atoms. The Morgan fingerprint density at radius 3 is 2.23 bits per heavy atom. The zero-order chi connectivity index (χ0) is 25.4. The van der Waals surface area contributed by atoms with Gasteiger partial charge in [0.1, 0.15) is 23.0 Å². The summed E-state index contributed by atoms with van der Waals surface area (Å²) in [6.45, 7) is 3.99. The lowest BCUT2D eigenvalue weighted by molar-refractivity contribution is -0.116. The average Bonchev–Trinajstić information content (AvgIpc) is 2.89. The minimum Gasteiger partial charge on any atom is -0.496 e. The Kier molecular flexibility index (Phi) is 8.92. The first-order valence-corrected chi connectivity index (χ1v) is 11.3. The van der Waals surface area contributed by atoms with Gasteiger partial charge in [0.2, 0.25) is 0 Å². The summed E-state index contributed by atoms with van der Waals surface area (Å²) in [6.07, 6.45) is 2.14. The first-order chi connectivity index (χ1) is 17.0. The molecule has 1 N–H and O–H groups in total. The minimum absolute atomic E-state index is 0.159. The molecule has 1 unspecified atom stereocenters. The van der Waals surface area contributed by atoms with E-state index in [1.54, 1.807) is 70.7 Å². The average molecular weight is 482 g/mol. The number of methoxy groups -OCH3 is 3. The van der Waals surface area contributed by atoms with E-state index in [4.69, 9.17) is 23.8 Å². The van der Waals surface area contributed by atoms with Crippen molar-refractivity contribution in [2.45, 2.75) is 32.6 Å². The maximum Gasteiger partial charge on any atom is 0.343 e. The highest BCUT2D eigenvalue weighted by Gasteiger charge is 2.36. The fraction of sp³-hybridized carbons (Fsp3) is 0.333. The van der Waals surface area contributed by atoms with Crippen LogP contribution in [0.1, 0.15) is 48.5 Å². The van der Waals surface area contributed by atoms with Gasteiger partial charge in [-0.15, -0.1) is 0 Å². The third-order valence-corrected chi connectivity index (χ3v) is 5.69. The van der Waals surface area contributed by atoms with Crippen molar-refractivity contribution in [2.24, 2.45) is 0 Å². The molecule has 0 heterocycles. The van der Waals surface area contributed by atoms with Crippen LogP contribution in [0.3, 0.4) is 0 Å². The van der Waals surface area contributed by atoms with Gasteiger partial charge in [0.15, 0.2) is 5.78 Å². The molecule has 8 heteroatoms. The van der Waals surface area contributed by atoms with Crippen LogP contribution in [0.5, 0.6) is 17.2 Å². The molecule has 0 aromatic heterocycles. The highest BCUT2D eigenvalue weighted by Crippen LogP contribution is 2.46. The summed E-state index contributed by atoms with van der Waals surface area (Å²) >= 11 is 0. The van der Waals surface area contributed by atoms with Crippen molar-refractivity contribution in [3.63, 3.8) is 0 Å². The number of ketones is 1. The summed E-state index contributed by atoms with van der Waals surface area (Å²) in [5, 5.41) is 0. The zero-order valence-electron chi connectivity index (χ0n) is 20.7. The van der Waals surface area contributed by atoms with Crippen molar-refractivity contribution in [3.05, 3.63) is 76.7 Å². The van der Waals surface area contributed by atoms with Crippen LogP contribution in [0.15, 0.2) is 65.6 Å². The van der Waals surface area contributed by atoms with Crippen LogP contribution in [-0.4, -0.2) is 39.7 Å². The predicted octanol–water partition coefficient (Wildman–Crippen LogP) is 4.71. The summed E-state index contributed by atoms with van der Waals surface area (Å²) in [5.74, 6) is 0.758. The molecule has 186 valence electrons. The topological polar surface area (TPSA) is 92.3 Å². The summed E-state index contributed by atoms with van der Waals surface area (Å²) in [4.78, 5) is 31.8. The maximum absolute atomic E-state index is 13.5.